The van der Waals surface area contributed by atoms with Gasteiger partial charge in [0.1, 0.15) is 0 Å². The summed E-state index contributed by atoms with van der Waals surface area (Å²) in [6.07, 6.45) is -4.24. The Morgan fingerprint density at radius 3 is 2.59 bits per heavy atom. The molecule has 0 fully saturated rings. The summed E-state index contributed by atoms with van der Waals surface area (Å²) in [6, 6.07) is 9.58. The van der Waals surface area contributed by atoms with Gasteiger partial charge in [-0.3, -0.25) is 9.59 Å². The van der Waals surface area contributed by atoms with Crippen molar-refractivity contribution in [3.8, 4) is 0 Å². The third kappa shape index (κ3) is 3.39. The molecule has 4 nitrogen and oxygen atoms in total. The second kappa shape index (κ2) is 6.90. The van der Waals surface area contributed by atoms with Crippen LogP contribution in [0.3, 0.4) is 0 Å². The number of halogens is 3. The van der Waals surface area contributed by atoms with Gasteiger partial charge in [0.15, 0.2) is 0 Å². The molecule has 2 aliphatic heterocycles. The molecule has 7 heteroatoms. The van der Waals surface area contributed by atoms with E-state index in [-0.39, 0.29) is 36.1 Å². The molecule has 0 spiro atoms. The molecule has 2 aliphatic rings. The lowest BCUT2D eigenvalue weighted by atomic mass is 9.85. The van der Waals surface area contributed by atoms with Crippen molar-refractivity contribution in [2.45, 2.75) is 38.8 Å². The Kier molecular flexibility index (Phi) is 4.63. The Hall–Kier alpha value is -2.83. The topological polar surface area (TPSA) is 49.4 Å². The van der Waals surface area contributed by atoms with Crippen molar-refractivity contribution in [3.63, 3.8) is 0 Å². The molecule has 0 bridgehead atoms. The van der Waals surface area contributed by atoms with Crippen LogP contribution in [0.1, 0.15) is 41.5 Å². The second-order valence-corrected chi connectivity index (χ2v) is 7.91. The summed E-state index contributed by atoms with van der Waals surface area (Å²) in [6.45, 7) is 3.89. The highest BCUT2D eigenvalue weighted by Crippen LogP contribution is 2.43. The molecule has 2 aromatic carbocycles. The zero-order valence-electron chi connectivity index (χ0n) is 16.1. The summed E-state index contributed by atoms with van der Waals surface area (Å²) >= 11 is 0. The number of rotatable bonds is 1. The third-order valence-corrected chi connectivity index (χ3v) is 5.67. The maximum Gasteiger partial charge on any atom is 0.416 e. The molecule has 29 heavy (non-hydrogen) atoms. The lowest BCUT2D eigenvalue weighted by Crippen LogP contribution is -2.44. The van der Waals surface area contributed by atoms with Crippen LogP contribution in [0.25, 0.3) is 0 Å². The number of aryl methyl sites for hydroxylation is 1. The lowest BCUT2D eigenvalue weighted by molar-refractivity contribution is -0.138. The summed E-state index contributed by atoms with van der Waals surface area (Å²) in [5.74, 6) is -1.44. The third-order valence-electron chi connectivity index (χ3n) is 5.67. The molecule has 0 saturated heterocycles. The van der Waals surface area contributed by atoms with Gasteiger partial charge in [-0.25, -0.2) is 0 Å². The van der Waals surface area contributed by atoms with Gasteiger partial charge in [0.05, 0.1) is 17.2 Å². The first-order chi connectivity index (χ1) is 13.7. The van der Waals surface area contributed by atoms with Crippen molar-refractivity contribution in [3.05, 3.63) is 58.7 Å². The van der Waals surface area contributed by atoms with Crippen molar-refractivity contribution < 1.29 is 22.8 Å². The zero-order valence-corrected chi connectivity index (χ0v) is 16.1. The van der Waals surface area contributed by atoms with E-state index in [2.05, 4.69) is 5.32 Å². The SMILES string of the molecule is Cc1ccc(C(F)(F)F)c2c1N(C(=O)C1CC(=O)Nc3ccccc31)CC(C)C2. The van der Waals surface area contributed by atoms with Gasteiger partial charge in [-0.15, -0.1) is 0 Å². The van der Waals surface area contributed by atoms with Crippen molar-refractivity contribution >= 4 is 23.2 Å². The van der Waals surface area contributed by atoms with Gasteiger partial charge in [0.2, 0.25) is 11.8 Å². The van der Waals surface area contributed by atoms with E-state index in [0.29, 0.717) is 29.0 Å². The highest BCUT2D eigenvalue weighted by Gasteiger charge is 2.41. The number of nitrogens with one attached hydrogen (secondary N) is 1. The average Bonchev–Trinajstić information content (AvgIpc) is 2.65. The quantitative estimate of drug-likeness (QED) is 0.754. The Morgan fingerprint density at radius 1 is 1.14 bits per heavy atom. The van der Waals surface area contributed by atoms with Crippen LogP contribution in [0.15, 0.2) is 36.4 Å². The van der Waals surface area contributed by atoms with Gasteiger partial charge in [-0.1, -0.05) is 31.2 Å². The lowest BCUT2D eigenvalue weighted by Gasteiger charge is -2.38. The molecule has 0 aliphatic carbocycles. The first kappa shape index (κ1) is 19.5. The van der Waals surface area contributed by atoms with Crippen molar-refractivity contribution in [1.82, 2.24) is 0 Å². The van der Waals surface area contributed by atoms with Gasteiger partial charge in [-0.05, 0) is 48.1 Å². The molecule has 1 N–H and O–H groups in total. The highest BCUT2D eigenvalue weighted by molar-refractivity contribution is 6.07. The molecular formula is C22H21F3N2O2. The van der Waals surface area contributed by atoms with Crippen LogP contribution in [0.4, 0.5) is 24.5 Å². The van der Waals surface area contributed by atoms with Gasteiger partial charge in [-0.2, -0.15) is 13.2 Å². The van der Waals surface area contributed by atoms with E-state index >= 15 is 0 Å². The largest absolute Gasteiger partial charge is 0.416 e. The minimum atomic E-state index is -4.49. The normalized spacial score (nSPS) is 21.3. The number of carbonyl (C=O) groups excluding carboxylic acids is 2. The maximum absolute atomic E-state index is 13.6. The molecule has 0 saturated carbocycles. The molecule has 2 aromatic rings. The Bertz CT molecular complexity index is 1000. The zero-order chi connectivity index (χ0) is 20.9. The van der Waals surface area contributed by atoms with Gasteiger partial charge in [0.25, 0.3) is 0 Å². The fourth-order valence-corrected chi connectivity index (χ4v) is 4.44. The van der Waals surface area contributed by atoms with Gasteiger partial charge in [0, 0.05) is 18.7 Å². The smallest absolute Gasteiger partial charge is 0.326 e. The minimum Gasteiger partial charge on any atom is -0.326 e. The number of hydrogen-bond acceptors (Lipinski definition) is 2. The van der Waals surface area contributed by atoms with E-state index in [4.69, 9.17) is 0 Å². The van der Waals surface area contributed by atoms with Crippen LogP contribution in [-0.4, -0.2) is 18.4 Å². The van der Waals surface area contributed by atoms with Crippen molar-refractivity contribution in [2.24, 2.45) is 5.92 Å². The van der Waals surface area contributed by atoms with E-state index in [1.54, 1.807) is 31.2 Å². The summed E-state index contributed by atoms with van der Waals surface area (Å²) < 4.78 is 40.8. The predicted molar refractivity (Wildman–Crippen MR) is 104 cm³/mol. The van der Waals surface area contributed by atoms with Crippen LogP contribution in [0, 0.1) is 12.8 Å². The average molecular weight is 402 g/mol. The van der Waals surface area contributed by atoms with Crippen LogP contribution >= 0.6 is 0 Å². The Labute approximate surface area is 166 Å². The van der Waals surface area contributed by atoms with E-state index in [9.17, 15) is 22.8 Å². The van der Waals surface area contributed by atoms with Crippen LogP contribution in [0.2, 0.25) is 0 Å². The van der Waals surface area contributed by atoms with E-state index in [1.165, 1.54) is 11.0 Å². The molecule has 2 atom stereocenters. The molecule has 152 valence electrons. The maximum atomic E-state index is 13.6. The number of benzene rings is 2. The standard InChI is InChI=1S/C22H21F3N2O2/c1-12-9-16-17(22(23,24)25)8-7-13(2)20(16)27(11-12)21(29)15-10-19(28)26-18-6-4-3-5-14(15)18/h3-8,12,15H,9-11H2,1-2H3,(H,26,28). The summed E-state index contributed by atoms with van der Waals surface area (Å²) in [5.41, 5.74) is 1.71. The second-order valence-electron chi connectivity index (χ2n) is 7.91. The molecule has 0 aromatic heterocycles. The number of hydrogen-bond donors (Lipinski definition) is 1. The molecule has 2 unspecified atom stereocenters. The Balaban J connectivity index is 1.82. The predicted octanol–water partition coefficient (Wildman–Crippen LogP) is 4.67. The van der Waals surface area contributed by atoms with E-state index in [1.807, 2.05) is 6.92 Å². The summed E-state index contributed by atoms with van der Waals surface area (Å²) in [7, 11) is 0. The highest BCUT2D eigenvalue weighted by atomic mass is 19.4. The monoisotopic (exact) mass is 402 g/mol. The van der Waals surface area contributed by atoms with Gasteiger partial charge < -0.3 is 10.2 Å². The van der Waals surface area contributed by atoms with Crippen LogP contribution in [-0.2, 0) is 22.2 Å². The number of nitrogens with zero attached hydrogens (tertiary/aromatic N) is 1. The number of anilines is 2. The first-order valence-corrected chi connectivity index (χ1v) is 9.56. The number of fused-ring (bicyclic) bond motifs is 2. The molecule has 2 amide bonds. The number of carbonyl (C=O) groups is 2. The summed E-state index contributed by atoms with van der Waals surface area (Å²) in [5, 5.41) is 2.76. The fourth-order valence-electron chi connectivity index (χ4n) is 4.44. The number of para-hydroxylation sites is 1. The van der Waals surface area contributed by atoms with Crippen molar-refractivity contribution in [1.29, 1.82) is 0 Å². The molecule has 2 heterocycles. The number of alkyl halides is 3. The van der Waals surface area contributed by atoms with Crippen molar-refractivity contribution in [2.75, 3.05) is 16.8 Å². The summed E-state index contributed by atoms with van der Waals surface area (Å²) in [4.78, 5) is 27.2. The Morgan fingerprint density at radius 2 is 1.86 bits per heavy atom. The molecule has 0 radical (unpaired) electrons. The minimum absolute atomic E-state index is 0.0198. The first-order valence-electron chi connectivity index (χ1n) is 9.56. The van der Waals surface area contributed by atoms with Crippen LogP contribution in [0.5, 0.6) is 0 Å². The van der Waals surface area contributed by atoms with E-state index in [0.717, 1.165) is 6.07 Å². The van der Waals surface area contributed by atoms with E-state index < -0.39 is 17.7 Å². The van der Waals surface area contributed by atoms with Crippen LogP contribution < -0.4 is 10.2 Å². The van der Waals surface area contributed by atoms with Gasteiger partial charge >= 0.3 is 6.18 Å². The number of amides is 2. The fraction of sp³-hybridized carbons (Fsp3) is 0.364. The molecule has 4 rings (SSSR count). The molecular weight excluding hydrogens is 381 g/mol.